The maximum atomic E-state index is 14.0. The second-order valence-electron chi connectivity index (χ2n) is 12.4. The zero-order chi connectivity index (χ0) is 30.3. The molecule has 0 spiro atoms. The van der Waals surface area contributed by atoms with Crippen LogP contribution < -0.4 is 10.0 Å². The molecule has 0 aliphatic heterocycles. The molecule has 0 bridgehead atoms. The van der Waals surface area contributed by atoms with E-state index in [0.29, 0.717) is 6.42 Å². The van der Waals surface area contributed by atoms with E-state index in [1.54, 1.807) is 0 Å². The molecule has 0 saturated heterocycles. The fraction of sp³-hybridized carbons (Fsp3) is 0.500. The topological polar surface area (TPSA) is 170 Å². The third-order valence-corrected chi connectivity index (χ3v) is 10.7. The van der Waals surface area contributed by atoms with Crippen molar-refractivity contribution < 1.29 is 38.1 Å². The second kappa shape index (κ2) is 11.1. The summed E-state index contributed by atoms with van der Waals surface area (Å²) in [5, 5.41) is 32.4. The lowest BCUT2D eigenvalue weighted by Crippen LogP contribution is -2.61. The maximum Gasteiger partial charge on any atom is 0.337 e. The lowest BCUT2D eigenvalue weighted by Gasteiger charge is -2.60. The van der Waals surface area contributed by atoms with Crippen LogP contribution in [-0.4, -0.2) is 54.0 Å². The van der Waals surface area contributed by atoms with Crippen LogP contribution in [-0.2, 0) is 14.8 Å². The van der Waals surface area contributed by atoms with Gasteiger partial charge in [0.15, 0.2) is 5.78 Å². The standard InChI is InChI=1S/C30H38N2O8S/c1-17-22(32-25(35)16-31-41(39,40)23-9-6-5-8-21(23)28(37)38)15-24-29(2,3)10-7-11-30(24,4)26(17)27(36)18-12-19(33)14-20(34)13-18/h5-6,8-9,12-14,17,22,24,26,31,33-34H,7,10-11,15-16H2,1-4H3,(H,32,35)(H,37,38)/t17-,22+,24-,26+,30-/m0/s1. The average molecular weight is 587 g/mol. The maximum absolute atomic E-state index is 14.0. The quantitative estimate of drug-likeness (QED) is 0.290. The SMILES string of the molecule is C[C@H]1[C@H](NC(=O)CNS(=O)(=O)c2ccccc2C(=O)O)C[C@H]2C(C)(C)CCC[C@]2(C)[C@H]1C(=O)c1cc(O)cc(O)c1. The van der Waals surface area contributed by atoms with Crippen LogP contribution in [0.5, 0.6) is 11.5 Å². The van der Waals surface area contributed by atoms with Gasteiger partial charge in [-0.2, -0.15) is 0 Å². The number of aromatic hydroxyl groups is 2. The highest BCUT2D eigenvalue weighted by molar-refractivity contribution is 7.89. The van der Waals surface area contributed by atoms with E-state index in [0.717, 1.165) is 31.4 Å². The van der Waals surface area contributed by atoms with Crippen LogP contribution in [0.25, 0.3) is 0 Å². The number of phenols is 2. The van der Waals surface area contributed by atoms with Crippen molar-refractivity contribution in [2.24, 2.45) is 28.6 Å². The second-order valence-corrected chi connectivity index (χ2v) is 14.1. The Morgan fingerprint density at radius 2 is 1.63 bits per heavy atom. The van der Waals surface area contributed by atoms with Crippen molar-refractivity contribution in [3.63, 3.8) is 0 Å². The molecule has 11 heteroatoms. The molecular formula is C30H38N2O8S. The van der Waals surface area contributed by atoms with Gasteiger partial charge in [-0.1, -0.05) is 46.2 Å². The number of benzene rings is 2. The van der Waals surface area contributed by atoms with E-state index >= 15 is 0 Å². The highest BCUT2D eigenvalue weighted by atomic mass is 32.2. The molecule has 2 aliphatic carbocycles. The van der Waals surface area contributed by atoms with Crippen LogP contribution in [0, 0.1) is 28.6 Å². The van der Waals surface area contributed by atoms with E-state index in [1.165, 1.54) is 30.3 Å². The molecule has 5 atom stereocenters. The largest absolute Gasteiger partial charge is 0.508 e. The zero-order valence-corrected chi connectivity index (χ0v) is 24.5. The molecule has 2 aromatic rings. The van der Waals surface area contributed by atoms with Crippen molar-refractivity contribution in [2.45, 2.75) is 64.3 Å². The summed E-state index contributed by atoms with van der Waals surface area (Å²) >= 11 is 0. The number of carbonyl (C=O) groups excluding carboxylic acids is 2. The van der Waals surface area contributed by atoms with Gasteiger partial charge in [0.05, 0.1) is 17.0 Å². The van der Waals surface area contributed by atoms with Crippen molar-refractivity contribution in [2.75, 3.05) is 6.54 Å². The Balaban J connectivity index is 1.59. The van der Waals surface area contributed by atoms with Gasteiger partial charge in [0.1, 0.15) is 11.5 Å². The van der Waals surface area contributed by atoms with Gasteiger partial charge in [-0.05, 0) is 66.2 Å². The molecule has 10 nitrogen and oxygen atoms in total. The van der Waals surface area contributed by atoms with Crippen LogP contribution in [0.1, 0.15) is 74.1 Å². The van der Waals surface area contributed by atoms with Crippen molar-refractivity contribution in [3.8, 4) is 11.5 Å². The summed E-state index contributed by atoms with van der Waals surface area (Å²) in [4.78, 5) is 38.2. The number of sulfonamides is 1. The molecule has 0 heterocycles. The summed E-state index contributed by atoms with van der Waals surface area (Å²) in [6.45, 7) is 7.74. The minimum absolute atomic E-state index is 0.0595. The van der Waals surface area contributed by atoms with E-state index in [4.69, 9.17) is 0 Å². The number of phenolic OH excluding ortho intramolecular Hbond substituents is 2. The summed E-state index contributed by atoms with van der Waals surface area (Å²) in [7, 11) is -4.29. The number of amides is 1. The van der Waals surface area contributed by atoms with Gasteiger partial charge < -0.3 is 20.6 Å². The van der Waals surface area contributed by atoms with Gasteiger partial charge in [0.25, 0.3) is 0 Å². The molecule has 4 rings (SSSR count). The predicted octanol–water partition coefficient (Wildman–Crippen LogP) is 3.93. The Labute approximate surface area is 240 Å². The highest BCUT2D eigenvalue weighted by Gasteiger charge is 2.58. The first kappa shape index (κ1) is 30.5. The first-order valence-corrected chi connectivity index (χ1v) is 15.2. The number of hydrogen-bond donors (Lipinski definition) is 5. The molecule has 41 heavy (non-hydrogen) atoms. The predicted molar refractivity (Wildman–Crippen MR) is 151 cm³/mol. The Bertz CT molecular complexity index is 1450. The smallest absolute Gasteiger partial charge is 0.337 e. The van der Waals surface area contributed by atoms with Crippen LogP contribution in [0.15, 0.2) is 47.4 Å². The van der Waals surface area contributed by atoms with E-state index in [9.17, 15) is 38.1 Å². The number of ketones is 1. The van der Waals surface area contributed by atoms with Crippen molar-refractivity contribution in [1.29, 1.82) is 0 Å². The zero-order valence-electron chi connectivity index (χ0n) is 23.7. The number of aromatic carboxylic acids is 1. The Morgan fingerprint density at radius 3 is 2.27 bits per heavy atom. The lowest BCUT2D eigenvalue weighted by atomic mass is 9.45. The van der Waals surface area contributed by atoms with Crippen LogP contribution >= 0.6 is 0 Å². The normalized spacial score (nSPS) is 27.4. The number of Topliss-reactive ketones (excluding diaryl/α,β-unsaturated/α-hetero) is 1. The molecule has 222 valence electrons. The monoisotopic (exact) mass is 586 g/mol. The molecule has 1 amide bonds. The summed E-state index contributed by atoms with van der Waals surface area (Å²) in [5.41, 5.74) is -0.737. The summed E-state index contributed by atoms with van der Waals surface area (Å²) in [6, 6.07) is 8.54. The molecular weight excluding hydrogens is 548 g/mol. The highest BCUT2D eigenvalue weighted by Crippen LogP contribution is 2.61. The third kappa shape index (κ3) is 5.97. The van der Waals surface area contributed by atoms with Gasteiger partial charge in [-0.25, -0.2) is 17.9 Å². The molecule has 0 radical (unpaired) electrons. The first-order chi connectivity index (χ1) is 19.1. The van der Waals surface area contributed by atoms with Crippen molar-refractivity contribution in [1.82, 2.24) is 10.0 Å². The van der Waals surface area contributed by atoms with Crippen LogP contribution in [0.2, 0.25) is 0 Å². The number of nitrogens with one attached hydrogen (secondary N) is 2. The number of hydrogen-bond acceptors (Lipinski definition) is 7. The number of carboxylic acid groups (broad SMARTS) is 1. The van der Waals surface area contributed by atoms with E-state index in [1.807, 2.05) is 6.92 Å². The molecule has 0 aromatic heterocycles. The Hall–Kier alpha value is -3.44. The van der Waals surface area contributed by atoms with Gasteiger partial charge in [0.2, 0.25) is 15.9 Å². The molecule has 0 unspecified atom stereocenters. The number of carbonyl (C=O) groups is 3. The van der Waals surface area contributed by atoms with Crippen molar-refractivity contribution in [3.05, 3.63) is 53.6 Å². The van der Waals surface area contributed by atoms with E-state index < -0.39 is 56.3 Å². The van der Waals surface area contributed by atoms with E-state index in [-0.39, 0.29) is 40.1 Å². The molecule has 2 aliphatic rings. The Kier molecular flexibility index (Phi) is 8.26. The molecule has 2 saturated carbocycles. The van der Waals surface area contributed by atoms with Crippen LogP contribution in [0.4, 0.5) is 0 Å². The molecule has 2 aromatic carbocycles. The third-order valence-electron chi connectivity index (χ3n) is 9.28. The minimum Gasteiger partial charge on any atom is -0.508 e. The van der Waals surface area contributed by atoms with Gasteiger partial charge >= 0.3 is 5.97 Å². The minimum atomic E-state index is -4.29. The lowest BCUT2D eigenvalue weighted by molar-refractivity contribution is -0.126. The Morgan fingerprint density at radius 1 is 1.00 bits per heavy atom. The molecule has 5 N–H and O–H groups in total. The fourth-order valence-electron chi connectivity index (χ4n) is 7.45. The number of carboxylic acids is 1. The van der Waals surface area contributed by atoms with Gasteiger partial charge in [-0.15, -0.1) is 0 Å². The van der Waals surface area contributed by atoms with Crippen LogP contribution in [0.3, 0.4) is 0 Å². The summed E-state index contributed by atoms with van der Waals surface area (Å²) in [6.07, 6.45) is 3.31. The van der Waals surface area contributed by atoms with Gasteiger partial charge in [-0.3, -0.25) is 9.59 Å². The fourth-order valence-corrected chi connectivity index (χ4v) is 8.63. The summed E-state index contributed by atoms with van der Waals surface area (Å²) in [5.74, 6) is -3.48. The summed E-state index contributed by atoms with van der Waals surface area (Å²) < 4.78 is 27.9. The number of rotatable bonds is 8. The van der Waals surface area contributed by atoms with Crippen molar-refractivity contribution >= 4 is 27.7 Å². The molecule has 2 fully saturated rings. The van der Waals surface area contributed by atoms with Gasteiger partial charge in [0, 0.05) is 23.6 Å². The first-order valence-electron chi connectivity index (χ1n) is 13.8. The number of fused-ring (bicyclic) bond motifs is 1. The average Bonchev–Trinajstić information content (AvgIpc) is 2.87. The van der Waals surface area contributed by atoms with E-state index in [2.05, 4.69) is 30.8 Å².